The summed E-state index contributed by atoms with van der Waals surface area (Å²) in [6.07, 6.45) is 10.5. The lowest BCUT2D eigenvalue weighted by Crippen LogP contribution is -2.50. The Balaban J connectivity index is 1.20. The van der Waals surface area contributed by atoms with Crippen LogP contribution in [-0.2, 0) is 0 Å². The molecule has 2 aromatic heterocycles. The van der Waals surface area contributed by atoms with Crippen molar-refractivity contribution in [3.63, 3.8) is 0 Å². The van der Waals surface area contributed by atoms with Gasteiger partial charge in [0, 0.05) is 30.6 Å². The molecule has 2 aliphatic rings. The van der Waals surface area contributed by atoms with E-state index in [9.17, 15) is 0 Å². The van der Waals surface area contributed by atoms with Crippen LogP contribution in [0.3, 0.4) is 0 Å². The fourth-order valence-corrected chi connectivity index (χ4v) is 4.93. The van der Waals surface area contributed by atoms with Gasteiger partial charge >= 0.3 is 0 Å². The first-order chi connectivity index (χ1) is 12.8. The Morgan fingerprint density at radius 1 is 1.00 bits per heavy atom. The number of thiazole rings is 1. The molecule has 1 aromatic carbocycles. The number of likely N-dealkylation sites (tertiary alicyclic amines) is 1. The van der Waals surface area contributed by atoms with E-state index in [2.05, 4.69) is 39.1 Å². The quantitative estimate of drug-likeness (QED) is 0.668. The Morgan fingerprint density at radius 3 is 2.58 bits per heavy atom. The molecule has 0 radical (unpaired) electrons. The number of piperidine rings is 1. The van der Waals surface area contributed by atoms with E-state index in [0.29, 0.717) is 6.10 Å². The predicted octanol–water partition coefficient (Wildman–Crippen LogP) is 4.75. The number of pyridine rings is 1. The number of benzene rings is 1. The van der Waals surface area contributed by atoms with Crippen molar-refractivity contribution in [1.82, 2.24) is 14.9 Å². The molecule has 3 heterocycles. The van der Waals surface area contributed by atoms with Gasteiger partial charge in [0.15, 0.2) is 0 Å². The van der Waals surface area contributed by atoms with Crippen molar-refractivity contribution in [3.05, 3.63) is 42.7 Å². The molecule has 134 valence electrons. The average molecular weight is 366 g/mol. The second-order valence-corrected chi connectivity index (χ2v) is 8.38. The lowest BCUT2D eigenvalue weighted by atomic mass is 9.86. The highest BCUT2D eigenvalue weighted by Crippen LogP contribution is 2.33. The third-order valence-corrected chi connectivity index (χ3v) is 6.66. The lowest BCUT2D eigenvalue weighted by Gasteiger charge is -2.44. The van der Waals surface area contributed by atoms with Gasteiger partial charge in [-0.15, -0.1) is 11.3 Å². The summed E-state index contributed by atoms with van der Waals surface area (Å²) in [5, 5.41) is 1.04. The lowest BCUT2D eigenvalue weighted by molar-refractivity contribution is 0.00893. The molecule has 1 aliphatic heterocycles. The van der Waals surface area contributed by atoms with Crippen molar-refractivity contribution in [3.8, 4) is 16.3 Å². The molecule has 0 spiro atoms. The minimum absolute atomic E-state index is 0.376. The Bertz CT molecular complexity index is 847. The van der Waals surface area contributed by atoms with Crippen LogP contribution in [0.5, 0.6) is 5.75 Å². The van der Waals surface area contributed by atoms with Gasteiger partial charge in [0.05, 0.1) is 10.9 Å². The zero-order valence-electron chi connectivity index (χ0n) is 14.8. The van der Waals surface area contributed by atoms with Gasteiger partial charge in [0.2, 0.25) is 0 Å². The van der Waals surface area contributed by atoms with Crippen LogP contribution in [-0.4, -0.2) is 40.1 Å². The van der Waals surface area contributed by atoms with E-state index in [1.807, 2.05) is 18.5 Å². The number of aromatic nitrogens is 2. The van der Waals surface area contributed by atoms with Crippen LogP contribution in [0.25, 0.3) is 20.8 Å². The minimum Gasteiger partial charge on any atom is -0.490 e. The highest BCUT2D eigenvalue weighted by molar-refractivity contribution is 7.21. The first kappa shape index (κ1) is 16.2. The van der Waals surface area contributed by atoms with E-state index in [1.54, 1.807) is 11.3 Å². The SMILES string of the molecule is c1cc2sc(-c3ccc(OC4CC(N5CCCCC5)C4)cc3)nc2cn1. The van der Waals surface area contributed by atoms with Crippen molar-refractivity contribution >= 4 is 21.6 Å². The molecule has 0 bridgehead atoms. The van der Waals surface area contributed by atoms with Crippen LogP contribution in [0.15, 0.2) is 42.7 Å². The predicted molar refractivity (Wildman–Crippen MR) is 106 cm³/mol. The summed E-state index contributed by atoms with van der Waals surface area (Å²) in [6, 6.07) is 11.1. The molecule has 0 unspecified atom stereocenters. The molecule has 0 amide bonds. The molecular formula is C21H23N3OS. The fraction of sp³-hybridized carbons (Fsp3) is 0.429. The molecule has 4 nitrogen and oxygen atoms in total. The van der Waals surface area contributed by atoms with Crippen LogP contribution >= 0.6 is 11.3 Å². The third-order valence-electron chi connectivity index (χ3n) is 5.57. The van der Waals surface area contributed by atoms with E-state index in [4.69, 9.17) is 4.74 Å². The van der Waals surface area contributed by atoms with Crippen molar-refractivity contribution in [2.45, 2.75) is 44.2 Å². The van der Waals surface area contributed by atoms with Gasteiger partial charge in [-0.3, -0.25) is 4.98 Å². The van der Waals surface area contributed by atoms with E-state index >= 15 is 0 Å². The maximum absolute atomic E-state index is 6.17. The van der Waals surface area contributed by atoms with Gasteiger partial charge < -0.3 is 9.64 Å². The summed E-state index contributed by atoms with van der Waals surface area (Å²) >= 11 is 1.70. The Hall–Kier alpha value is -1.98. The van der Waals surface area contributed by atoms with Crippen molar-refractivity contribution in [2.75, 3.05) is 13.1 Å². The molecule has 1 saturated heterocycles. The number of nitrogens with zero attached hydrogens (tertiary/aromatic N) is 3. The van der Waals surface area contributed by atoms with Crippen LogP contribution < -0.4 is 4.74 Å². The summed E-state index contributed by atoms with van der Waals surface area (Å²) < 4.78 is 7.34. The van der Waals surface area contributed by atoms with Crippen molar-refractivity contribution in [1.29, 1.82) is 0 Å². The molecule has 5 rings (SSSR count). The van der Waals surface area contributed by atoms with E-state index in [0.717, 1.165) is 27.9 Å². The first-order valence-electron chi connectivity index (χ1n) is 9.57. The Kier molecular flexibility index (Phi) is 4.35. The minimum atomic E-state index is 0.376. The topological polar surface area (TPSA) is 38.2 Å². The Morgan fingerprint density at radius 2 is 1.81 bits per heavy atom. The average Bonchev–Trinajstić information content (AvgIpc) is 3.10. The van der Waals surface area contributed by atoms with Crippen LogP contribution in [0.4, 0.5) is 0 Å². The van der Waals surface area contributed by atoms with Gasteiger partial charge in [0.1, 0.15) is 22.4 Å². The number of ether oxygens (including phenoxy) is 1. The molecular weight excluding hydrogens is 342 g/mol. The first-order valence-corrected chi connectivity index (χ1v) is 10.4. The van der Waals surface area contributed by atoms with Gasteiger partial charge in [-0.2, -0.15) is 0 Å². The molecule has 1 saturated carbocycles. The van der Waals surface area contributed by atoms with Crippen LogP contribution in [0.2, 0.25) is 0 Å². The van der Waals surface area contributed by atoms with Crippen molar-refractivity contribution < 1.29 is 4.74 Å². The highest BCUT2D eigenvalue weighted by Gasteiger charge is 2.35. The van der Waals surface area contributed by atoms with Crippen molar-refractivity contribution in [2.24, 2.45) is 0 Å². The monoisotopic (exact) mass is 365 g/mol. The van der Waals surface area contributed by atoms with Crippen LogP contribution in [0, 0.1) is 0 Å². The molecule has 0 N–H and O–H groups in total. The van der Waals surface area contributed by atoms with E-state index in [-0.39, 0.29) is 0 Å². The second kappa shape index (κ2) is 6.97. The maximum Gasteiger partial charge on any atom is 0.124 e. The van der Waals surface area contributed by atoms with Crippen LogP contribution in [0.1, 0.15) is 32.1 Å². The normalized spacial score (nSPS) is 23.7. The molecule has 1 aliphatic carbocycles. The van der Waals surface area contributed by atoms with Gasteiger partial charge in [-0.1, -0.05) is 6.42 Å². The molecule has 2 fully saturated rings. The molecule has 5 heteroatoms. The zero-order valence-corrected chi connectivity index (χ0v) is 15.6. The summed E-state index contributed by atoms with van der Waals surface area (Å²) in [5.74, 6) is 0.971. The van der Waals surface area contributed by atoms with E-state index < -0.39 is 0 Å². The zero-order chi connectivity index (χ0) is 17.3. The maximum atomic E-state index is 6.17. The van der Waals surface area contributed by atoms with E-state index in [1.165, 1.54) is 49.9 Å². The standard InChI is InChI=1S/C21H23N3OS/c1-2-10-24(11-3-1)16-12-18(13-16)25-17-6-4-15(5-7-17)21-23-19-14-22-9-8-20(19)26-21/h4-9,14,16,18H,1-3,10-13H2. The summed E-state index contributed by atoms with van der Waals surface area (Å²) in [5.41, 5.74) is 2.10. The smallest absolute Gasteiger partial charge is 0.124 e. The highest BCUT2D eigenvalue weighted by atomic mass is 32.1. The molecule has 26 heavy (non-hydrogen) atoms. The Labute approximate surface area is 157 Å². The number of rotatable bonds is 4. The third kappa shape index (κ3) is 3.21. The van der Waals surface area contributed by atoms with Gasteiger partial charge in [-0.25, -0.2) is 4.98 Å². The number of hydrogen-bond acceptors (Lipinski definition) is 5. The number of hydrogen-bond donors (Lipinski definition) is 0. The summed E-state index contributed by atoms with van der Waals surface area (Å²) in [6.45, 7) is 2.56. The largest absolute Gasteiger partial charge is 0.490 e. The summed E-state index contributed by atoms with van der Waals surface area (Å²) in [4.78, 5) is 11.5. The summed E-state index contributed by atoms with van der Waals surface area (Å²) in [7, 11) is 0. The molecule has 0 atom stereocenters. The number of fused-ring (bicyclic) bond motifs is 1. The fourth-order valence-electron chi connectivity index (χ4n) is 3.99. The van der Waals surface area contributed by atoms with Gasteiger partial charge in [-0.05, 0) is 56.3 Å². The molecule has 3 aromatic rings. The second-order valence-electron chi connectivity index (χ2n) is 7.35. The van der Waals surface area contributed by atoms with Gasteiger partial charge in [0.25, 0.3) is 0 Å².